The molecule has 0 aromatic carbocycles. The summed E-state index contributed by atoms with van der Waals surface area (Å²) < 4.78 is 0. The SMILES string of the molecule is C=C(C(=O)O)[C@@]1(O)C[C@H]2CC[C@]1(C)C2(C)C. The summed E-state index contributed by atoms with van der Waals surface area (Å²) in [4.78, 5) is 11.1. The minimum Gasteiger partial charge on any atom is -0.478 e. The van der Waals surface area contributed by atoms with Gasteiger partial charge in [0.15, 0.2) is 0 Å². The van der Waals surface area contributed by atoms with Gasteiger partial charge in [-0.3, -0.25) is 0 Å². The molecule has 2 aliphatic rings. The molecule has 0 spiro atoms. The highest BCUT2D eigenvalue weighted by Crippen LogP contribution is 2.71. The van der Waals surface area contributed by atoms with E-state index in [0.717, 1.165) is 12.8 Å². The van der Waals surface area contributed by atoms with Gasteiger partial charge in [0.05, 0.1) is 5.57 Å². The summed E-state index contributed by atoms with van der Waals surface area (Å²) in [6.45, 7) is 9.87. The van der Waals surface area contributed by atoms with Gasteiger partial charge in [0.25, 0.3) is 0 Å². The van der Waals surface area contributed by atoms with Gasteiger partial charge >= 0.3 is 5.97 Å². The zero-order valence-electron chi connectivity index (χ0n) is 10.2. The molecule has 0 aliphatic heterocycles. The predicted octanol–water partition coefficient (Wildman–Crippen LogP) is 2.20. The number of carboxylic acid groups (broad SMARTS) is 1. The fourth-order valence-electron chi connectivity index (χ4n) is 3.91. The van der Waals surface area contributed by atoms with E-state index >= 15 is 0 Å². The fraction of sp³-hybridized carbons (Fsp3) is 0.769. The van der Waals surface area contributed by atoms with E-state index in [2.05, 4.69) is 20.4 Å². The second-order valence-electron chi connectivity index (χ2n) is 6.14. The maximum atomic E-state index is 11.1. The minimum atomic E-state index is -1.23. The number of rotatable bonds is 2. The van der Waals surface area contributed by atoms with E-state index in [4.69, 9.17) is 5.11 Å². The monoisotopic (exact) mass is 224 g/mol. The Balaban J connectivity index is 2.48. The third-order valence-corrected chi connectivity index (χ3v) is 5.65. The van der Waals surface area contributed by atoms with Gasteiger partial charge in [-0.15, -0.1) is 0 Å². The first-order chi connectivity index (χ1) is 7.17. The van der Waals surface area contributed by atoms with E-state index < -0.39 is 11.6 Å². The maximum absolute atomic E-state index is 11.1. The summed E-state index contributed by atoms with van der Waals surface area (Å²) in [6.07, 6.45) is 2.51. The molecule has 3 heteroatoms. The summed E-state index contributed by atoms with van der Waals surface area (Å²) >= 11 is 0. The first-order valence-electron chi connectivity index (χ1n) is 5.82. The molecule has 2 N–H and O–H groups in total. The summed E-state index contributed by atoms with van der Waals surface area (Å²) in [7, 11) is 0. The van der Waals surface area contributed by atoms with Crippen molar-refractivity contribution in [1.82, 2.24) is 0 Å². The molecule has 0 radical (unpaired) electrons. The van der Waals surface area contributed by atoms with Crippen molar-refractivity contribution in [2.24, 2.45) is 16.7 Å². The average Bonchev–Trinajstić information content (AvgIpc) is 2.48. The Hall–Kier alpha value is -0.830. The van der Waals surface area contributed by atoms with Crippen LogP contribution in [0, 0.1) is 16.7 Å². The van der Waals surface area contributed by atoms with E-state index in [-0.39, 0.29) is 16.4 Å². The van der Waals surface area contributed by atoms with Crippen molar-refractivity contribution in [2.75, 3.05) is 0 Å². The van der Waals surface area contributed by atoms with Crippen LogP contribution < -0.4 is 0 Å². The first kappa shape index (κ1) is 11.6. The highest BCUT2D eigenvalue weighted by Gasteiger charge is 2.69. The molecule has 3 atom stereocenters. The second-order valence-corrected chi connectivity index (χ2v) is 6.14. The molecule has 0 heterocycles. The first-order valence-corrected chi connectivity index (χ1v) is 5.82. The number of carbonyl (C=O) groups is 1. The lowest BCUT2D eigenvalue weighted by Crippen LogP contribution is -2.49. The molecule has 0 amide bonds. The van der Waals surface area contributed by atoms with Crippen molar-refractivity contribution in [3.05, 3.63) is 12.2 Å². The summed E-state index contributed by atoms with van der Waals surface area (Å²) in [6, 6.07) is 0. The summed E-state index contributed by atoms with van der Waals surface area (Å²) in [5, 5.41) is 19.8. The van der Waals surface area contributed by atoms with E-state index in [1.807, 2.05) is 6.92 Å². The number of hydrogen-bond donors (Lipinski definition) is 2. The minimum absolute atomic E-state index is 0.0137. The van der Waals surface area contributed by atoms with E-state index in [1.165, 1.54) is 0 Å². The molecule has 0 saturated heterocycles. The van der Waals surface area contributed by atoms with Crippen molar-refractivity contribution >= 4 is 5.97 Å². The zero-order valence-corrected chi connectivity index (χ0v) is 10.2. The molecule has 2 bridgehead atoms. The van der Waals surface area contributed by atoms with Gasteiger partial charge in [0, 0.05) is 5.41 Å². The van der Waals surface area contributed by atoms with Crippen LogP contribution >= 0.6 is 0 Å². The van der Waals surface area contributed by atoms with E-state index in [1.54, 1.807) is 0 Å². The van der Waals surface area contributed by atoms with Crippen LogP contribution in [0.15, 0.2) is 12.2 Å². The van der Waals surface area contributed by atoms with Gasteiger partial charge in [-0.2, -0.15) is 0 Å². The van der Waals surface area contributed by atoms with Crippen LogP contribution in [0.3, 0.4) is 0 Å². The normalized spacial score (nSPS) is 44.6. The van der Waals surface area contributed by atoms with Crippen LogP contribution in [0.2, 0.25) is 0 Å². The number of carboxylic acids is 1. The van der Waals surface area contributed by atoms with Gasteiger partial charge < -0.3 is 10.2 Å². The molecule has 90 valence electrons. The largest absolute Gasteiger partial charge is 0.478 e. The molecule has 2 rings (SSSR count). The van der Waals surface area contributed by atoms with Crippen molar-refractivity contribution in [3.63, 3.8) is 0 Å². The number of fused-ring (bicyclic) bond motifs is 2. The smallest absolute Gasteiger partial charge is 0.333 e. The van der Waals surface area contributed by atoms with Crippen molar-refractivity contribution in [3.8, 4) is 0 Å². The van der Waals surface area contributed by atoms with Gasteiger partial charge in [0.1, 0.15) is 5.60 Å². The molecule has 0 aromatic heterocycles. The third-order valence-electron chi connectivity index (χ3n) is 5.65. The lowest BCUT2D eigenvalue weighted by molar-refractivity contribution is -0.139. The molecule has 2 fully saturated rings. The van der Waals surface area contributed by atoms with Gasteiger partial charge in [-0.05, 0) is 30.6 Å². The highest BCUT2D eigenvalue weighted by atomic mass is 16.4. The summed E-state index contributed by atoms with van der Waals surface area (Å²) in [5.41, 5.74) is -1.64. The Bertz CT molecular complexity index is 371. The number of aliphatic hydroxyl groups is 1. The second kappa shape index (κ2) is 2.89. The number of aliphatic carboxylic acids is 1. The molecule has 0 aromatic rings. The lowest BCUT2D eigenvalue weighted by atomic mass is 9.62. The van der Waals surface area contributed by atoms with E-state index in [9.17, 15) is 9.90 Å². The van der Waals surface area contributed by atoms with Gasteiger partial charge in [0.2, 0.25) is 0 Å². The average molecular weight is 224 g/mol. The maximum Gasteiger partial charge on any atom is 0.333 e. The van der Waals surface area contributed by atoms with Crippen molar-refractivity contribution in [1.29, 1.82) is 0 Å². The predicted molar refractivity (Wildman–Crippen MR) is 61.0 cm³/mol. The standard InChI is InChI=1S/C13H20O3/c1-8(10(14)15)13(16)7-9-5-6-12(13,4)11(9,2)3/h9,16H,1,5-7H2,2-4H3,(H,14,15)/t9-,12-,13+/m1/s1. The van der Waals surface area contributed by atoms with Crippen LogP contribution in [0.5, 0.6) is 0 Å². The Morgan fingerprint density at radius 1 is 1.38 bits per heavy atom. The summed E-state index contributed by atoms with van der Waals surface area (Å²) in [5.74, 6) is -0.675. The van der Waals surface area contributed by atoms with Gasteiger partial charge in [-0.25, -0.2) is 4.79 Å². The topological polar surface area (TPSA) is 57.5 Å². The van der Waals surface area contributed by atoms with Crippen molar-refractivity contribution in [2.45, 2.75) is 45.6 Å². The van der Waals surface area contributed by atoms with Crippen LogP contribution in [0.4, 0.5) is 0 Å². The number of hydrogen-bond acceptors (Lipinski definition) is 2. The van der Waals surface area contributed by atoms with Crippen molar-refractivity contribution < 1.29 is 15.0 Å². The lowest BCUT2D eigenvalue weighted by Gasteiger charge is -2.45. The van der Waals surface area contributed by atoms with Crippen LogP contribution in [0.25, 0.3) is 0 Å². The van der Waals surface area contributed by atoms with Gasteiger partial charge in [-0.1, -0.05) is 27.4 Å². The Kier molecular flexibility index (Phi) is 2.10. The highest BCUT2D eigenvalue weighted by molar-refractivity contribution is 5.88. The molecule has 2 saturated carbocycles. The Morgan fingerprint density at radius 3 is 2.25 bits per heavy atom. The molecular weight excluding hydrogens is 204 g/mol. The van der Waals surface area contributed by atoms with Crippen LogP contribution in [-0.4, -0.2) is 21.8 Å². The quantitative estimate of drug-likeness (QED) is 0.707. The molecular formula is C13H20O3. The molecule has 16 heavy (non-hydrogen) atoms. The Labute approximate surface area is 96.2 Å². The fourth-order valence-corrected chi connectivity index (χ4v) is 3.91. The van der Waals surface area contributed by atoms with Crippen LogP contribution in [-0.2, 0) is 4.79 Å². The molecule has 3 nitrogen and oxygen atoms in total. The molecule has 0 unspecified atom stereocenters. The third kappa shape index (κ3) is 1.000. The van der Waals surface area contributed by atoms with E-state index in [0.29, 0.717) is 12.3 Å². The van der Waals surface area contributed by atoms with Crippen LogP contribution in [0.1, 0.15) is 40.0 Å². The zero-order chi connectivity index (χ0) is 12.4. The molecule has 2 aliphatic carbocycles. The Morgan fingerprint density at radius 2 is 1.94 bits per heavy atom.